The lowest BCUT2D eigenvalue weighted by atomic mass is 10.1. The van der Waals surface area contributed by atoms with Crippen molar-refractivity contribution >= 4 is 5.69 Å². The predicted octanol–water partition coefficient (Wildman–Crippen LogP) is 2.53. The smallest absolute Gasteiger partial charge is 0.183 e. The van der Waals surface area contributed by atoms with E-state index in [1.165, 1.54) is 82.3 Å². The van der Waals surface area contributed by atoms with E-state index in [4.69, 9.17) is 0 Å². The summed E-state index contributed by atoms with van der Waals surface area (Å²) < 4.78 is 2.42. The molecule has 0 atom stereocenters. The van der Waals surface area contributed by atoms with Gasteiger partial charge in [0.1, 0.15) is 6.54 Å². The van der Waals surface area contributed by atoms with Crippen molar-refractivity contribution in [2.24, 2.45) is 0 Å². The minimum absolute atomic E-state index is 0. The van der Waals surface area contributed by atoms with E-state index in [0.717, 1.165) is 6.54 Å². The molecule has 0 aliphatic carbocycles. The lowest BCUT2D eigenvalue weighted by molar-refractivity contribution is -0.700. The zero-order chi connectivity index (χ0) is 16.9. The second-order valence-corrected chi connectivity index (χ2v) is 6.67. The molecular formula is C21H39ClN2. The molecular weight excluding hydrogens is 316 g/mol. The van der Waals surface area contributed by atoms with Crippen molar-refractivity contribution in [1.29, 1.82) is 0 Å². The molecule has 1 heterocycles. The minimum Gasteiger partial charge on any atom is -1.00 e. The van der Waals surface area contributed by atoms with Gasteiger partial charge in [-0.2, -0.15) is 0 Å². The maximum absolute atomic E-state index is 2.60. The van der Waals surface area contributed by atoms with Gasteiger partial charge in [-0.3, -0.25) is 0 Å². The Hall–Kier alpha value is -0.760. The molecule has 0 saturated heterocycles. The van der Waals surface area contributed by atoms with Gasteiger partial charge in [-0.05, 0) is 26.2 Å². The highest BCUT2D eigenvalue weighted by molar-refractivity contribution is 5.45. The van der Waals surface area contributed by atoms with Crippen LogP contribution in [0.5, 0.6) is 0 Å². The van der Waals surface area contributed by atoms with Crippen LogP contribution in [0.25, 0.3) is 0 Å². The number of aromatic nitrogens is 1. The molecule has 0 unspecified atom stereocenters. The van der Waals surface area contributed by atoms with Crippen molar-refractivity contribution in [2.75, 3.05) is 18.0 Å². The molecule has 0 radical (unpaired) electrons. The topological polar surface area (TPSA) is 7.12 Å². The Kier molecular flexibility index (Phi) is 14.1. The molecule has 1 rings (SSSR count). The first-order chi connectivity index (χ1) is 11.3. The molecule has 0 spiro atoms. The van der Waals surface area contributed by atoms with Gasteiger partial charge in [-0.1, -0.05) is 52.9 Å². The molecule has 0 aliphatic heterocycles. The summed E-state index contributed by atoms with van der Waals surface area (Å²) in [6.45, 7) is 12.6. The molecule has 0 bridgehead atoms. The highest BCUT2D eigenvalue weighted by Crippen LogP contribution is 2.17. The van der Waals surface area contributed by atoms with Gasteiger partial charge in [0, 0.05) is 37.3 Å². The summed E-state index contributed by atoms with van der Waals surface area (Å²) in [5.74, 6) is 0. The monoisotopic (exact) mass is 354 g/mol. The number of anilines is 1. The maximum Gasteiger partial charge on any atom is 0.183 e. The Morgan fingerprint density at radius 2 is 1.46 bits per heavy atom. The van der Waals surface area contributed by atoms with Gasteiger partial charge in [0.2, 0.25) is 0 Å². The Balaban J connectivity index is 0.00000529. The van der Waals surface area contributed by atoms with Crippen LogP contribution in [0.1, 0.15) is 84.8 Å². The van der Waals surface area contributed by atoms with Crippen molar-refractivity contribution in [3.8, 4) is 0 Å². The van der Waals surface area contributed by atoms with Crippen LogP contribution < -0.4 is 21.9 Å². The third-order valence-electron chi connectivity index (χ3n) is 4.66. The first-order valence-electron chi connectivity index (χ1n) is 10.0. The van der Waals surface area contributed by atoms with Crippen molar-refractivity contribution < 1.29 is 17.0 Å². The van der Waals surface area contributed by atoms with E-state index in [2.05, 4.69) is 55.5 Å². The second kappa shape index (κ2) is 14.6. The van der Waals surface area contributed by atoms with E-state index < -0.39 is 0 Å². The first kappa shape index (κ1) is 23.2. The van der Waals surface area contributed by atoms with Gasteiger partial charge in [-0.15, -0.1) is 0 Å². The highest BCUT2D eigenvalue weighted by atomic mass is 35.5. The number of hydrogen-bond acceptors (Lipinski definition) is 1. The van der Waals surface area contributed by atoms with Crippen LogP contribution in [-0.2, 0) is 13.0 Å². The molecule has 0 fully saturated rings. The quantitative estimate of drug-likeness (QED) is 0.390. The van der Waals surface area contributed by atoms with Crippen LogP contribution in [0, 0.1) is 0 Å². The van der Waals surface area contributed by atoms with Gasteiger partial charge in [0.25, 0.3) is 0 Å². The molecule has 1 aromatic heterocycles. The summed E-state index contributed by atoms with van der Waals surface area (Å²) >= 11 is 0. The average Bonchev–Trinajstić information content (AvgIpc) is 2.59. The number of halogens is 1. The fraction of sp³-hybridized carbons (Fsp3) is 0.762. The van der Waals surface area contributed by atoms with E-state index in [0.29, 0.717) is 0 Å². The molecule has 0 N–H and O–H groups in total. The van der Waals surface area contributed by atoms with Crippen LogP contribution in [0.4, 0.5) is 5.69 Å². The Morgan fingerprint density at radius 3 is 2.00 bits per heavy atom. The van der Waals surface area contributed by atoms with Gasteiger partial charge < -0.3 is 17.3 Å². The van der Waals surface area contributed by atoms with Crippen molar-refractivity contribution in [3.63, 3.8) is 0 Å². The summed E-state index contributed by atoms with van der Waals surface area (Å²) in [5, 5.41) is 0. The Bertz CT molecular complexity index is 412. The summed E-state index contributed by atoms with van der Waals surface area (Å²) in [6.07, 6.45) is 14.0. The third kappa shape index (κ3) is 8.37. The normalized spacial score (nSPS) is 10.5. The summed E-state index contributed by atoms with van der Waals surface area (Å²) in [6, 6.07) is 4.78. The lowest BCUT2D eigenvalue weighted by Gasteiger charge is -2.24. The highest BCUT2D eigenvalue weighted by Gasteiger charge is 2.13. The number of pyridine rings is 1. The maximum atomic E-state index is 2.60. The van der Waals surface area contributed by atoms with Crippen molar-refractivity contribution in [2.45, 2.75) is 92.0 Å². The molecule has 2 nitrogen and oxygen atoms in total. The Morgan fingerprint density at radius 1 is 0.833 bits per heavy atom. The van der Waals surface area contributed by atoms with Crippen LogP contribution in [-0.4, -0.2) is 13.1 Å². The molecule has 140 valence electrons. The molecule has 0 aliphatic rings. The first-order valence-corrected chi connectivity index (χ1v) is 10.0. The summed E-state index contributed by atoms with van der Waals surface area (Å²) in [4.78, 5) is 2.60. The van der Waals surface area contributed by atoms with E-state index in [1.807, 2.05) is 0 Å². The zero-order valence-electron chi connectivity index (χ0n) is 16.5. The van der Waals surface area contributed by atoms with Crippen LogP contribution in [0.3, 0.4) is 0 Å². The molecule has 1 aromatic rings. The van der Waals surface area contributed by atoms with E-state index in [1.54, 1.807) is 0 Å². The lowest BCUT2D eigenvalue weighted by Crippen LogP contribution is -3.00. The number of unbranched alkanes of at least 4 members (excludes halogenated alkanes) is 5. The Labute approximate surface area is 157 Å². The van der Waals surface area contributed by atoms with E-state index >= 15 is 0 Å². The van der Waals surface area contributed by atoms with Crippen LogP contribution >= 0.6 is 0 Å². The molecule has 0 aromatic carbocycles. The summed E-state index contributed by atoms with van der Waals surface area (Å²) in [7, 11) is 0. The average molecular weight is 355 g/mol. The fourth-order valence-electron chi connectivity index (χ4n) is 3.09. The second-order valence-electron chi connectivity index (χ2n) is 6.67. The molecule has 0 amide bonds. The fourth-order valence-corrected chi connectivity index (χ4v) is 3.09. The largest absolute Gasteiger partial charge is 1.00 e. The van der Waals surface area contributed by atoms with Crippen molar-refractivity contribution in [3.05, 3.63) is 24.0 Å². The SMILES string of the molecule is CCCCCCc1cc(N(CCCC)CCCC)cc[n+]1CC.[Cl-]. The van der Waals surface area contributed by atoms with Gasteiger partial charge >= 0.3 is 0 Å². The molecule has 3 heteroatoms. The van der Waals surface area contributed by atoms with Gasteiger partial charge in [0.05, 0.1) is 0 Å². The number of hydrogen-bond donors (Lipinski definition) is 0. The standard InChI is InChI=1S/C21H39N2.ClH/c1-5-9-12-13-14-20-19-21(15-18-22(20)8-4)23(16-10-6-2)17-11-7-3;/h15,18-19H,5-14,16-17H2,1-4H3;1H/q+1;/p-1. The van der Waals surface area contributed by atoms with Gasteiger partial charge in [-0.25, -0.2) is 4.57 Å². The third-order valence-corrected chi connectivity index (χ3v) is 4.66. The minimum atomic E-state index is 0. The zero-order valence-corrected chi connectivity index (χ0v) is 17.2. The number of aryl methyl sites for hydroxylation is 2. The van der Waals surface area contributed by atoms with Crippen LogP contribution in [0.2, 0.25) is 0 Å². The van der Waals surface area contributed by atoms with E-state index in [-0.39, 0.29) is 12.4 Å². The van der Waals surface area contributed by atoms with Gasteiger partial charge in [0.15, 0.2) is 11.9 Å². The van der Waals surface area contributed by atoms with Crippen LogP contribution in [0.15, 0.2) is 18.3 Å². The van der Waals surface area contributed by atoms with E-state index in [9.17, 15) is 0 Å². The van der Waals surface area contributed by atoms with Crippen molar-refractivity contribution in [1.82, 2.24) is 0 Å². The summed E-state index contributed by atoms with van der Waals surface area (Å²) in [5.41, 5.74) is 2.95. The number of rotatable bonds is 13. The molecule has 24 heavy (non-hydrogen) atoms. The number of nitrogens with zero attached hydrogens (tertiary/aromatic N) is 2. The predicted molar refractivity (Wildman–Crippen MR) is 102 cm³/mol. The molecule has 0 saturated carbocycles.